The van der Waals surface area contributed by atoms with Crippen LogP contribution in [0.4, 0.5) is 0 Å². The van der Waals surface area contributed by atoms with Crippen LogP contribution < -0.4 is 0 Å². The summed E-state index contributed by atoms with van der Waals surface area (Å²) < 4.78 is 27.1. The molecule has 2 aliphatic rings. The zero-order valence-electron chi connectivity index (χ0n) is 16.2. The van der Waals surface area contributed by atoms with Gasteiger partial charge in [0.05, 0.1) is 6.54 Å². The lowest BCUT2D eigenvalue weighted by Gasteiger charge is -2.37. The van der Waals surface area contributed by atoms with Crippen LogP contribution in [0, 0.1) is 25.2 Å². The van der Waals surface area contributed by atoms with Gasteiger partial charge in [-0.3, -0.25) is 9.69 Å². The number of phenolic OH excluding ortho intramolecular Hbond substituents is 1. The van der Waals surface area contributed by atoms with Gasteiger partial charge < -0.3 is 10.0 Å². The molecule has 0 aromatic heterocycles. The highest BCUT2D eigenvalue weighted by Crippen LogP contribution is 2.28. The van der Waals surface area contributed by atoms with Crippen molar-refractivity contribution in [3.8, 4) is 18.1 Å². The molecule has 0 spiro atoms. The second-order valence-corrected chi connectivity index (χ2v) is 9.36. The van der Waals surface area contributed by atoms with Gasteiger partial charge in [-0.25, -0.2) is 8.42 Å². The van der Waals surface area contributed by atoms with E-state index in [9.17, 15) is 18.3 Å². The minimum absolute atomic E-state index is 0.0157. The Labute approximate surface area is 167 Å². The molecule has 0 unspecified atom stereocenters. The van der Waals surface area contributed by atoms with Gasteiger partial charge in [-0.1, -0.05) is 12.0 Å². The minimum Gasteiger partial charge on any atom is -0.507 e. The number of piperazine rings is 1. The van der Waals surface area contributed by atoms with Crippen molar-refractivity contribution in [3.63, 3.8) is 0 Å². The van der Waals surface area contributed by atoms with Gasteiger partial charge in [0, 0.05) is 32.1 Å². The highest BCUT2D eigenvalue weighted by atomic mass is 32.2. The van der Waals surface area contributed by atoms with Crippen LogP contribution in [0.1, 0.15) is 18.4 Å². The molecular weight excluding hydrogens is 378 g/mol. The Morgan fingerprint density at radius 3 is 2.43 bits per heavy atom. The van der Waals surface area contributed by atoms with Crippen LogP contribution >= 0.6 is 0 Å². The van der Waals surface area contributed by atoms with E-state index in [4.69, 9.17) is 6.42 Å². The van der Waals surface area contributed by atoms with Gasteiger partial charge >= 0.3 is 0 Å². The Bertz CT molecular complexity index is 862. The first-order valence-electron chi connectivity index (χ1n) is 9.57. The number of sulfonamides is 1. The van der Waals surface area contributed by atoms with Crippen LogP contribution in [-0.4, -0.2) is 79.3 Å². The van der Waals surface area contributed by atoms with Crippen molar-refractivity contribution in [1.82, 2.24) is 14.1 Å². The molecule has 0 radical (unpaired) electrons. The van der Waals surface area contributed by atoms with Crippen molar-refractivity contribution in [1.29, 1.82) is 0 Å². The Kier molecular flexibility index (Phi) is 6.28. The van der Waals surface area contributed by atoms with Crippen LogP contribution in [0.25, 0.3) is 0 Å². The molecule has 2 fully saturated rings. The summed E-state index contributed by atoms with van der Waals surface area (Å²) >= 11 is 0. The number of carbonyl (C=O) groups excluding carboxylic acids is 1. The van der Waals surface area contributed by atoms with Crippen molar-refractivity contribution >= 4 is 15.9 Å². The average Bonchev–Trinajstić information content (AvgIpc) is 2.70. The zero-order chi connectivity index (χ0) is 20.3. The second-order valence-electron chi connectivity index (χ2n) is 7.46. The summed E-state index contributed by atoms with van der Waals surface area (Å²) in [5, 5.41) is 9.98. The smallest absolute Gasteiger partial charge is 0.246 e. The third-order valence-electron chi connectivity index (χ3n) is 5.54. The molecule has 1 aromatic carbocycles. The number of likely N-dealkylation sites (tertiary alicyclic amines) is 1. The van der Waals surface area contributed by atoms with Crippen molar-refractivity contribution in [2.24, 2.45) is 5.92 Å². The fourth-order valence-electron chi connectivity index (χ4n) is 3.84. The van der Waals surface area contributed by atoms with Crippen LogP contribution in [0.15, 0.2) is 23.1 Å². The van der Waals surface area contributed by atoms with Gasteiger partial charge in [-0.05, 0) is 50.6 Å². The Hall–Kier alpha value is -2.08. The van der Waals surface area contributed by atoms with E-state index in [1.54, 1.807) is 17.9 Å². The number of rotatable bonds is 4. The van der Waals surface area contributed by atoms with E-state index >= 15 is 0 Å². The molecule has 28 heavy (non-hydrogen) atoms. The van der Waals surface area contributed by atoms with E-state index in [0.717, 1.165) is 31.5 Å². The van der Waals surface area contributed by atoms with Crippen molar-refractivity contribution < 1.29 is 18.3 Å². The second kappa shape index (κ2) is 8.52. The number of phenols is 1. The van der Waals surface area contributed by atoms with Crippen LogP contribution in [0.3, 0.4) is 0 Å². The summed E-state index contributed by atoms with van der Waals surface area (Å²) in [7, 11) is -3.78. The normalized spacial score (nSPS) is 20.1. The third kappa shape index (κ3) is 4.32. The maximum absolute atomic E-state index is 12.9. The summed E-state index contributed by atoms with van der Waals surface area (Å²) in [6.45, 7) is 5.25. The lowest BCUT2D eigenvalue weighted by atomic mass is 9.95. The van der Waals surface area contributed by atoms with E-state index in [-0.39, 0.29) is 35.6 Å². The fraction of sp³-hybridized carbons (Fsp3) is 0.550. The molecule has 1 aromatic rings. The standard InChI is InChI=1S/C20H27N3O4S/c1-3-8-21-9-6-17(7-10-21)20(25)22-11-13-23(14-12-22)28(26,27)19-15-16(2)4-5-18(19)24/h1,4-5,15,17,24H,6-14H2,2H3. The topological polar surface area (TPSA) is 81.2 Å². The van der Waals surface area contributed by atoms with Gasteiger partial charge in [-0.15, -0.1) is 6.42 Å². The Morgan fingerprint density at radius 2 is 1.82 bits per heavy atom. The van der Waals surface area contributed by atoms with Crippen LogP contribution in [-0.2, 0) is 14.8 Å². The molecule has 152 valence electrons. The molecule has 0 atom stereocenters. The molecule has 2 saturated heterocycles. The van der Waals surface area contributed by atoms with E-state index < -0.39 is 10.0 Å². The zero-order valence-corrected chi connectivity index (χ0v) is 17.0. The Morgan fingerprint density at radius 1 is 1.18 bits per heavy atom. The first-order valence-corrected chi connectivity index (χ1v) is 11.0. The number of nitrogens with zero attached hydrogens (tertiary/aromatic N) is 3. The van der Waals surface area contributed by atoms with Gasteiger partial charge in [0.2, 0.25) is 15.9 Å². The maximum Gasteiger partial charge on any atom is 0.246 e. The molecule has 3 rings (SSSR count). The molecule has 1 N–H and O–H groups in total. The Balaban J connectivity index is 1.59. The lowest BCUT2D eigenvalue weighted by molar-refractivity contribution is -0.138. The third-order valence-corrected chi connectivity index (χ3v) is 7.46. The van der Waals surface area contributed by atoms with Gasteiger partial charge in [0.15, 0.2) is 0 Å². The first kappa shape index (κ1) is 20.6. The molecule has 2 heterocycles. The van der Waals surface area contributed by atoms with Gasteiger partial charge in [0.1, 0.15) is 10.6 Å². The molecule has 2 aliphatic heterocycles. The lowest BCUT2D eigenvalue weighted by Crippen LogP contribution is -2.52. The molecule has 0 aliphatic carbocycles. The average molecular weight is 406 g/mol. The fourth-order valence-corrected chi connectivity index (χ4v) is 5.43. The summed E-state index contributed by atoms with van der Waals surface area (Å²) in [6.07, 6.45) is 6.92. The number of piperidine rings is 1. The number of carbonyl (C=O) groups is 1. The summed E-state index contributed by atoms with van der Waals surface area (Å²) in [5.74, 6) is 2.48. The van der Waals surface area contributed by atoms with E-state index in [0.29, 0.717) is 19.6 Å². The van der Waals surface area contributed by atoms with Crippen LogP contribution in [0.5, 0.6) is 5.75 Å². The number of aromatic hydroxyl groups is 1. The van der Waals surface area contributed by atoms with Gasteiger partial charge in [-0.2, -0.15) is 4.31 Å². The predicted octanol–water partition coefficient (Wildman–Crippen LogP) is 0.879. The molecule has 0 saturated carbocycles. The van der Waals surface area contributed by atoms with E-state index in [1.807, 2.05) is 0 Å². The van der Waals surface area contributed by atoms with Crippen molar-refractivity contribution in [2.75, 3.05) is 45.8 Å². The maximum atomic E-state index is 12.9. The summed E-state index contributed by atoms with van der Waals surface area (Å²) in [5.41, 5.74) is 0.765. The van der Waals surface area contributed by atoms with Crippen LogP contribution in [0.2, 0.25) is 0 Å². The molecule has 8 heteroatoms. The number of aryl methyl sites for hydroxylation is 1. The van der Waals surface area contributed by atoms with Crippen molar-refractivity contribution in [3.05, 3.63) is 23.8 Å². The molecule has 1 amide bonds. The van der Waals surface area contributed by atoms with E-state index in [1.165, 1.54) is 16.4 Å². The predicted molar refractivity (Wildman–Crippen MR) is 106 cm³/mol. The highest BCUT2D eigenvalue weighted by Gasteiger charge is 2.34. The molecule has 0 bridgehead atoms. The molecule has 7 nitrogen and oxygen atoms in total. The summed E-state index contributed by atoms with van der Waals surface area (Å²) in [4.78, 5) is 16.7. The van der Waals surface area contributed by atoms with Gasteiger partial charge in [0.25, 0.3) is 0 Å². The number of hydrogen-bond acceptors (Lipinski definition) is 5. The SMILES string of the molecule is C#CCN1CCC(C(=O)N2CCN(S(=O)(=O)c3cc(C)ccc3O)CC2)CC1. The van der Waals surface area contributed by atoms with E-state index in [2.05, 4.69) is 10.8 Å². The number of hydrogen-bond donors (Lipinski definition) is 1. The van der Waals surface area contributed by atoms with Crippen molar-refractivity contribution in [2.45, 2.75) is 24.7 Å². The number of benzene rings is 1. The quantitative estimate of drug-likeness (QED) is 0.752. The largest absolute Gasteiger partial charge is 0.507 e. The monoisotopic (exact) mass is 405 g/mol. The first-order chi connectivity index (χ1) is 13.3. The summed E-state index contributed by atoms with van der Waals surface area (Å²) in [6, 6.07) is 4.54. The minimum atomic E-state index is -3.78. The highest BCUT2D eigenvalue weighted by molar-refractivity contribution is 7.89. The molecular formula is C20H27N3O4S. The number of terminal acetylenes is 1. The number of amides is 1.